The Balaban J connectivity index is 0.000000153. The number of furan rings is 4. The molecule has 12 N–H and O–H groups in total. The van der Waals surface area contributed by atoms with Crippen molar-refractivity contribution in [3.8, 4) is 0 Å². The number of benzene rings is 4. The summed E-state index contributed by atoms with van der Waals surface area (Å²) in [4.78, 5) is 40.9. The molecule has 20 nitrogen and oxygen atoms in total. The highest BCUT2D eigenvalue weighted by Crippen LogP contribution is 2.38. The number of halogens is 4. The number of hydrogen-bond acceptors (Lipinski definition) is 12. The van der Waals surface area contributed by atoms with Gasteiger partial charge in [0.2, 0.25) is 0 Å². The molecule has 524 valence electrons. The molecule has 4 aliphatic rings. The number of fused-ring (bicyclic) bond motifs is 4. The standard InChI is InChI=1S/2C19H22N4O.2C19H20N4O.4ClH/c4*1-23-8-6-13(7-9-23)16-12-21-17-5-4-14(11-15(16)17)22-19(20)18-3-2-10-24-18;;;;/h2*2-5,10-13,21H,6-9H2,1H3,(H2,20,22);2*2-6,10-12,21H,7-9H2,1H3,(H2,20,22);4*1H. The lowest BCUT2D eigenvalue weighted by atomic mass is 9.89. The minimum absolute atomic E-state index is 0. The Morgan fingerprint density at radius 3 is 0.940 bits per heavy atom. The summed E-state index contributed by atoms with van der Waals surface area (Å²) in [6.07, 6.45) is 26.4. The number of rotatable bonds is 12. The molecule has 12 aromatic rings. The van der Waals surface area contributed by atoms with Gasteiger partial charge in [-0.1, -0.05) is 12.2 Å². The van der Waals surface area contributed by atoms with Crippen molar-refractivity contribution >= 4 is 150 Å². The van der Waals surface area contributed by atoms with Gasteiger partial charge in [-0.3, -0.25) is 0 Å². The summed E-state index contributed by atoms with van der Waals surface area (Å²) in [7, 11) is 8.67. The number of likely N-dealkylation sites (N-methyl/N-ethyl adjacent to an activating group) is 2. The highest BCUT2D eigenvalue weighted by atomic mass is 35.5. The van der Waals surface area contributed by atoms with Crippen LogP contribution >= 0.6 is 49.6 Å². The number of nitrogens with one attached hydrogen (secondary N) is 4. The Bertz CT molecular complexity index is 4470. The largest absolute Gasteiger partial charge is 0.461 e. The average Bonchev–Trinajstić information content (AvgIpc) is 1.65. The first kappa shape index (κ1) is 74.7. The minimum atomic E-state index is 0. The summed E-state index contributed by atoms with van der Waals surface area (Å²) >= 11 is 0. The van der Waals surface area contributed by atoms with Crippen molar-refractivity contribution < 1.29 is 17.7 Å². The number of aromatic nitrogens is 4. The van der Waals surface area contributed by atoms with Crippen LogP contribution in [0, 0.1) is 0 Å². The quantitative estimate of drug-likeness (QED) is 0.0419. The van der Waals surface area contributed by atoms with Crippen LogP contribution in [-0.4, -0.2) is 143 Å². The predicted molar refractivity (Wildman–Crippen MR) is 418 cm³/mol. The number of nitrogens with two attached hydrogens (primary N) is 4. The van der Waals surface area contributed by atoms with Crippen LogP contribution in [0.25, 0.3) is 54.8 Å². The van der Waals surface area contributed by atoms with Gasteiger partial charge in [0, 0.05) is 106 Å². The van der Waals surface area contributed by atoms with Crippen molar-refractivity contribution in [1.82, 2.24) is 39.5 Å². The molecule has 12 heterocycles. The molecule has 2 saturated heterocycles. The normalized spacial score (nSPS) is 16.4. The SMILES string of the molecule is CN1CC=C(c2c[nH]c3ccc(N=C(N)c4ccco4)cc23)CC1.CN1CC=C(c2c[nH]c3ccc(N=C(N)c4ccco4)cc23)CC1.CN1CCC(c2c[nH]c3ccc(N=C(N)c4ccco4)cc23)CC1.CN1CCC(c2c[nH]c3ccc(N=C(N)c4ccco4)cc23)CC1.Cl.Cl.Cl.Cl. The summed E-state index contributed by atoms with van der Waals surface area (Å²) in [6.45, 7) is 8.77. The molecule has 16 rings (SSSR count). The van der Waals surface area contributed by atoms with Gasteiger partial charge in [0.1, 0.15) is 0 Å². The molecule has 8 aromatic heterocycles. The summed E-state index contributed by atoms with van der Waals surface area (Å²) in [6, 6.07) is 39.0. The van der Waals surface area contributed by atoms with Crippen LogP contribution in [0.15, 0.2) is 221 Å². The van der Waals surface area contributed by atoms with E-state index in [2.05, 4.69) is 161 Å². The topological polar surface area (TPSA) is 282 Å². The second kappa shape index (κ2) is 34.5. The molecule has 4 aliphatic heterocycles. The van der Waals surface area contributed by atoms with Gasteiger partial charge in [-0.25, -0.2) is 20.0 Å². The van der Waals surface area contributed by atoms with Gasteiger partial charge >= 0.3 is 0 Å². The molecule has 0 bridgehead atoms. The van der Waals surface area contributed by atoms with Crippen molar-refractivity contribution in [3.63, 3.8) is 0 Å². The summed E-state index contributed by atoms with van der Waals surface area (Å²) < 4.78 is 21.2. The number of likely N-dealkylation sites (tertiary alicyclic amines) is 2. The lowest BCUT2D eigenvalue weighted by Crippen LogP contribution is -2.29. The van der Waals surface area contributed by atoms with Crippen molar-refractivity contribution in [3.05, 3.63) is 229 Å². The molecule has 4 aromatic carbocycles. The highest BCUT2D eigenvalue weighted by molar-refractivity contribution is 6.02. The van der Waals surface area contributed by atoms with Gasteiger partial charge in [0.25, 0.3) is 0 Å². The van der Waals surface area contributed by atoms with E-state index in [1.807, 2.05) is 72.8 Å². The van der Waals surface area contributed by atoms with Crippen LogP contribution in [0.4, 0.5) is 22.7 Å². The third kappa shape index (κ3) is 17.9. The molecular weight excluding hydrogens is 1340 g/mol. The molecular formula is C76H88Cl4N16O4. The maximum atomic E-state index is 6.03. The van der Waals surface area contributed by atoms with E-state index >= 15 is 0 Å². The Hall–Kier alpha value is -9.48. The number of H-pyrrole nitrogens is 4. The van der Waals surface area contributed by atoms with E-state index in [0.29, 0.717) is 58.2 Å². The molecule has 0 unspecified atom stereocenters. The predicted octanol–water partition coefficient (Wildman–Crippen LogP) is 15.9. The number of piperidine rings is 2. The number of aliphatic imine (C=N–C) groups is 4. The zero-order valence-electron chi connectivity index (χ0n) is 56.5. The smallest absolute Gasteiger partial charge is 0.168 e. The maximum absolute atomic E-state index is 6.03. The van der Waals surface area contributed by atoms with Gasteiger partial charge in [0.15, 0.2) is 46.4 Å². The second-order valence-corrected chi connectivity index (χ2v) is 25.3. The van der Waals surface area contributed by atoms with E-state index in [9.17, 15) is 0 Å². The molecule has 24 heteroatoms. The zero-order valence-corrected chi connectivity index (χ0v) is 59.8. The first-order valence-electron chi connectivity index (χ1n) is 32.9. The summed E-state index contributed by atoms with van der Waals surface area (Å²) in [5.41, 5.74) is 40.1. The van der Waals surface area contributed by atoms with Crippen LogP contribution in [0.2, 0.25) is 0 Å². The van der Waals surface area contributed by atoms with E-state index in [0.717, 1.165) is 110 Å². The van der Waals surface area contributed by atoms with Crippen molar-refractivity contribution in [2.45, 2.75) is 50.4 Å². The number of hydrogen-bond donors (Lipinski definition) is 8. The van der Waals surface area contributed by atoms with E-state index in [1.54, 1.807) is 37.2 Å². The first-order chi connectivity index (χ1) is 46.8. The van der Waals surface area contributed by atoms with Gasteiger partial charge in [0.05, 0.1) is 47.8 Å². The summed E-state index contributed by atoms with van der Waals surface area (Å²) in [5.74, 6) is 5.15. The molecule has 2 fully saturated rings. The number of aromatic amines is 4. The summed E-state index contributed by atoms with van der Waals surface area (Å²) in [5, 5.41) is 4.86. The first-order valence-corrected chi connectivity index (χ1v) is 32.9. The Morgan fingerprint density at radius 2 is 0.660 bits per heavy atom. The third-order valence-corrected chi connectivity index (χ3v) is 18.7. The monoisotopic (exact) mass is 1430 g/mol. The van der Waals surface area contributed by atoms with Crippen LogP contribution in [0.1, 0.15) is 95.7 Å². The van der Waals surface area contributed by atoms with Gasteiger partial charge < -0.3 is 80.1 Å². The molecule has 0 saturated carbocycles. The van der Waals surface area contributed by atoms with Crippen LogP contribution in [0.3, 0.4) is 0 Å². The maximum Gasteiger partial charge on any atom is 0.168 e. The fourth-order valence-electron chi connectivity index (χ4n) is 13.1. The Labute approximate surface area is 606 Å². The van der Waals surface area contributed by atoms with Crippen molar-refractivity contribution in [1.29, 1.82) is 0 Å². The molecule has 100 heavy (non-hydrogen) atoms. The van der Waals surface area contributed by atoms with Gasteiger partial charge in [-0.15, -0.1) is 49.6 Å². The molecule has 0 radical (unpaired) electrons. The highest BCUT2D eigenvalue weighted by Gasteiger charge is 2.24. The fourth-order valence-corrected chi connectivity index (χ4v) is 13.1. The zero-order chi connectivity index (χ0) is 66.1. The lowest BCUT2D eigenvalue weighted by Gasteiger charge is -2.28. The van der Waals surface area contributed by atoms with Gasteiger partial charge in [-0.2, -0.15) is 0 Å². The van der Waals surface area contributed by atoms with E-state index in [4.69, 9.17) is 40.6 Å². The van der Waals surface area contributed by atoms with Crippen molar-refractivity contribution in [2.75, 3.05) is 80.5 Å². The van der Waals surface area contributed by atoms with Crippen LogP contribution < -0.4 is 22.9 Å². The average molecular weight is 1430 g/mol. The van der Waals surface area contributed by atoms with E-state index < -0.39 is 0 Å². The van der Waals surface area contributed by atoms with E-state index in [-0.39, 0.29) is 49.6 Å². The van der Waals surface area contributed by atoms with Crippen molar-refractivity contribution in [2.24, 2.45) is 42.9 Å². The molecule has 0 atom stereocenters. The Kier molecular flexibility index (Phi) is 25.8. The molecule has 0 amide bonds. The van der Waals surface area contributed by atoms with Gasteiger partial charge in [-0.05, 0) is 248 Å². The lowest BCUT2D eigenvalue weighted by molar-refractivity contribution is 0.256. The Morgan fingerprint density at radius 1 is 0.370 bits per heavy atom. The molecule has 0 aliphatic carbocycles. The fraction of sp³-hybridized carbons (Fsp3) is 0.263. The van der Waals surface area contributed by atoms with Crippen LogP contribution in [-0.2, 0) is 0 Å². The third-order valence-electron chi connectivity index (χ3n) is 18.7. The number of nitrogens with zero attached hydrogens (tertiary/aromatic N) is 8. The molecule has 0 spiro atoms. The van der Waals surface area contributed by atoms with Crippen LogP contribution in [0.5, 0.6) is 0 Å². The number of amidine groups is 4. The second-order valence-electron chi connectivity index (χ2n) is 25.3. The van der Waals surface area contributed by atoms with E-state index in [1.165, 1.54) is 80.6 Å². The minimum Gasteiger partial charge on any atom is -0.461 e.